The Bertz CT molecular complexity index is 463. The van der Waals surface area contributed by atoms with E-state index in [4.69, 9.17) is 14.9 Å². The lowest BCUT2D eigenvalue weighted by Crippen LogP contribution is -2.45. The predicted molar refractivity (Wildman–Crippen MR) is 76.8 cm³/mol. The van der Waals surface area contributed by atoms with E-state index in [0.717, 1.165) is 32.3 Å². The van der Waals surface area contributed by atoms with E-state index in [0.29, 0.717) is 29.9 Å². The van der Waals surface area contributed by atoms with Gasteiger partial charge < -0.3 is 20.2 Å². The zero-order valence-electron chi connectivity index (χ0n) is 11.3. The van der Waals surface area contributed by atoms with Crippen LogP contribution in [0.15, 0.2) is 16.7 Å². The SMILES string of the molecule is Cl.NCc1cc(C(=O)NC2CCCC3OCCC23)co1. The van der Waals surface area contributed by atoms with Crippen molar-refractivity contribution in [2.45, 2.75) is 44.4 Å². The number of rotatable bonds is 3. The highest BCUT2D eigenvalue weighted by Crippen LogP contribution is 2.34. The third-order valence-electron chi connectivity index (χ3n) is 4.21. The number of halogens is 1. The van der Waals surface area contributed by atoms with E-state index in [1.54, 1.807) is 6.07 Å². The van der Waals surface area contributed by atoms with Crippen LogP contribution in [-0.4, -0.2) is 24.7 Å². The van der Waals surface area contributed by atoms with Crippen LogP contribution in [-0.2, 0) is 11.3 Å². The fraction of sp³-hybridized carbons (Fsp3) is 0.643. The van der Waals surface area contributed by atoms with E-state index in [1.165, 1.54) is 6.26 Å². The molecule has 2 fully saturated rings. The lowest BCUT2D eigenvalue weighted by atomic mass is 9.81. The Balaban J connectivity index is 0.00000147. The molecule has 1 saturated carbocycles. The van der Waals surface area contributed by atoms with Crippen LogP contribution in [0.3, 0.4) is 0 Å². The van der Waals surface area contributed by atoms with E-state index in [9.17, 15) is 4.79 Å². The predicted octanol–water partition coefficient (Wildman–Crippen LogP) is 1.85. The third kappa shape index (κ3) is 3.00. The molecule has 5 nitrogen and oxygen atoms in total. The van der Waals surface area contributed by atoms with E-state index in [1.807, 2.05) is 0 Å². The summed E-state index contributed by atoms with van der Waals surface area (Å²) in [5, 5.41) is 3.12. The second kappa shape index (κ2) is 6.61. The van der Waals surface area contributed by atoms with E-state index in [-0.39, 0.29) is 24.4 Å². The van der Waals surface area contributed by atoms with Crippen LogP contribution >= 0.6 is 12.4 Å². The molecule has 3 rings (SSSR count). The maximum atomic E-state index is 12.2. The minimum Gasteiger partial charge on any atom is -0.467 e. The molecule has 6 heteroatoms. The summed E-state index contributed by atoms with van der Waals surface area (Å²) in [7, 11) is 0. The molecule has 112 valence electrons. The molecule has 3 atom stereocenters. The van der Waals surface area contributed by atoms with Crippen LogP contribution in [0.5, 0.6) is 0 Å². The fourth-order valence-electron chi connectivity index (χ4n) is 3.21. The van der Waals surface area contributed by atoms with Gasteiger partial charge in [-0.05, 0) is 31.7 Å². The molecule has 0 bridgehead atoms. The normalized spacial score (nSPS) is 28.6. The monoisotopic (exact) mass is 300 g/mol. The number of carbonyl (C=O) groups is 1. The van der Waals surface area contributed by atoms with Gasteiger partial charge in [0.25, 0.3) is 5.91 Å². The Morgan fingerprint density at radius 2 is 2.25 bits per heavy atom. The largest absolute Gasteiger partial charge is 0.467 e. The molecule has 0 radical (unpaired) electrons. The van der Waals surface area contributed by atoms with Crippen LogP contribution in [0.4, 0.5) is 0 Å². The summed E-state index contributed by atoms with van der Waals surface area (Å²) in [5.74, 6) is 1.04. The van der Waals surface area contributed by atoms with E-state index >= 15 is 0 Å². The molecule has 2 aliphatic rings. The molecule has 0 aromatic carbocycles. The summed E-state index contributed by atoms with van der Waals surface area (Å²) in [5.41, 5.74) is 6.03. The highest BCUT2D eigenvalue weighted by molar-refractivity contribution is 5.94. The lowest BCUT2D eigenvalue weighted by Gasteiger charge is -2.33. The summed E-state index contributed by atoms with van der Waals surface area (Å²) < 4.78 is 10.9. The summed E-state index contributed by atoms with van der Waals surface area (Å²) in [6, 6.07) is 1.94. The number of hydrogen-bond donors (Lipinski definition) is 2. The first-order chi connectivity index (χ1) is 9.28. The van der Waals surface area contributed by atoms with E-state index in [2.05, 4.69) is 5.32 Å². The molecule has 3 unspecified atom stereocenters. The van der Waals surface area contributed by atoms with Gasteiger partial charge in [0.1, 0.15) is 12.0 Å². The maximum Gasteiger partial charge on any atom is 0.254 e. The van der Waals surface area contributed by atoms with Crippen molar-refractivity contribution in [1.82, 2.24) is 5.32 Å². The molecule has 1 aliphatic heterocycles. The maximum absolute atomic E-state index is 12.2. The quantitative estimate of drug-likeness (QED) is 0.893. The van der Waals surface area contributed by atoms with Crippen molar-refractivity contribution in [1.29, 1.82) is 0 Å². The second-order valence-electron chi connectivity index (χ2n) is 5.38. The second-order valence-corrected chi connectivity index (χ2v) is 5.38. The Kier molecular flexibility index (Phi) is 5.07. The number of nitrogens with two attached hydrogens (primary N) is 1. The Morgan fingerprint density at radius 3 is 3.00 bits per heavy atom. The lowest BCUT2D eigenvalue weighted by molar-refractivity contribution is 0.0510. The van der Waals surface area contributed by atoms with Gasteiger partial charge in [-0.3, -0.25) is 4.79 Å². The van der Waals surface area contributed by atoms with Crippen LogP contribution in [0, 0.1) is 5.92 Å². The fourth-order valence-corrected chi connectivity index (χ4v) is 3.21. The number of carbonyl (C=O) groups excluding carboxylic acids is 1. The van der Waals surface area contributed by atoms with Crippen molar-refractivity contribution < 1.29 is 13.9 Å². The number of ether oxygens (including phenoxy) is 1. The van der Waals surface area contributed by atoms with Crippen molar-refractivity contribution in [3.63, 3.8) is 0 Å². The van der Waals surface area contributed by atoms with Crippen molar-refractivity contribution >= 4 is 18.3 Å². The van der Waals surface area contributed by atoms with Crippen LogP contribution in [0.2, 0.25) is 0 Å². The summed E-state index contributed by atoms with van der Waals surface area (Å²) in [6.45, 7) is 1.14. The van der Waals surface area contributed by atoms with Crippen LogP contribution in [0.25, 0.3) is 0 Å². The number of amides is 1. The number of fused-ring (bicyclic) bond motifs is 1. The number of furan rings is 1. The van der Waals surface area contributed by atoms with Crippen molar-refractivity contribution in [2.24, 2.45) is 11.7 Å². The smallest absolute Gasteiger partial charge is 0.254 e. The molecule has 1 aromatic heterocycles. The summed E-state index contributed by atoms with van der Waals surface area (Å²) >= 11 is 0. The van der Waals surface area contributed by atoms with Gasteiger partial charge in [-0.1, -0.05) is 0 Å². The van der Waals surface area contributed by atoms with Gasteiger partial charge in [0, 0.05) is 18.6 Å². The average Bonchev–Trinajstić information content (AvgIpc) is 3.08. The minimum absolute atomic E-state index is 0. The molecule has 1 aliphatic carbocycles. The average molecular weight is 301 g/mol. The van der Waals surface area contributed by atoms with Gasteiger partial charge in [-0.2, -0.15) is 0 Å². The van der Waals surface area contributed by atoms with Crippen LogP contribution in [0.1, 0.15) is 41.8 Å². The molecule has 1 aromatic rings. The Labute approximate surface area is 124 Å². The topological polar surface area (TPSA) is 77.5 Å². The van der Waals surface area contributed by atoms with E-state index < -0.39 is 0 Å². The Hall–Kier alpha value is -1.04. The highest BCUT2D eigenvalue weighted by Gasteiger charge is 2.38. The molecule has 3 N–H and O–H groups in total. The molecule has 2 heterocycles. The zero-order valence-corrected chi connectivity index (χ0v) is 12.2. The molecule has 1 saturated heterocycles. The van der Waals surface area contributed by atoms with Crippen molar-refractivity contribution in [3.8, 4) is 0 Å². The first-order valence-corrected chi connectivity index (χ1v) is 6.98. The number of nitrogens with one attached hydrogen (secondary N) is 1. The highest BCUT2D eigenvalue weighted by atomic mass is 35.5. The standard InChI is InChI=1S/C14H20N2O3.ClH/c15-7-10-6-9(8-19-10)14(17)16-12-2-1-3-13-11(12)4-5-18-13;/h6,8,11-13H,1-5,7,15H2,(H,16,17);1H. The molecule has 20 heavy (non-hydrogen) atoms. The van der Waals surface area contributed by atoms with Gasteiger partial charge >= 0.3 is 0 Å². The molecular weight excluding hydrogens is 280 g/mol. The van der Waals surface area contributed by atoms with Crippen molar-refractivity contribution in [3.05, 3.63) is 23.7 Å². The molecular formula is C14H21ClN2O3. The first kappa shape index (κ1) is 15.4. The summed E-state index contributed by atoms with van der Waals surface area (Å²) in [6.07, 6.45) is 6.14. The van der Waals surface area contributed by atoms with Gasteiger partial charge in [0.15, 0.2) is 0 Å². The van der Waals surface area contributed by atoms with Gasteiger partial charge in [0.05, 0.1) is 18.2 Å². The van der Waals surface area contributed by atoms with Gasteiger partial charge in [-0.25, -0.2) is 0 Å². The zero-order chi connectivity index (χ0) is 13.2. The Morgan fingerprint density at radius 1 is 1.40 bits per heavy atom. The molecule has 0 spiro atoms. The number of hydrogen-bond acceptors (Lipinski definition) is 4. The van der Waals surface area contributed by atoms with Gasteiger partial charge in [0.2, 0.25) is 0 Å². The van der Waals surface area contributed by atoms with Crippen molar-refractivity contribution in [2.75, 3.05) is 6.61 Å². The van der Waals surface area contributed by atoms with Crippen LogP contribution < -0.4 is 11.1 Å². The first-order valence-electron chi connectivity index (χ1n) is 6.98. The molecule has 1 amide bonds. The summed E-state index contributed by atoms with van der Waals surface area (Å²) in [4.78, 5) is 12.2. The van der Waals surface area contributed by atoms with Gasteiger partial charge in [-0.15, -0.1) is 12.4 Å². The third-order valence-corrected chi connectivity index (χ3v) is 4.21. The minimum atomic E-state index is -0.0685.